The Kier molecular flexibility index (Phi) is 4.91. The normalized spacial score (nSPS) is 31.5. The fourth-order valence-electron chi connectivity index (χ4n) is 2.01. The standard InChI is InChI=1S/C9H19NO2S/c1-2-10-9-5-3-8(4-6-9)7-13(11)12/h8-10H,2-7H2,1H3,(H,11,12)/p-1. The van der Waals surface area contributed by atoms with Crippen molar-refractivity contribution < 1.29 is 8.76 Å². The van der Waals surface area contributed by atoms with Gasteiger partial charge < -0.3 is 9.87 Å². The van der Waals surface area contributed by atoms with E-state index < -0.39 is 11.1 Å². The molecule has 1 N–H and O–H groups in total. The van der Waals surface area contributed by atoms with Crippen LogP contribution in [0, 0.1) is 5.92 Å². The molecular weight excluding hydrogens is 186 g/mol. The average molecular weight is 204 g/mol. The summed E-state index contributed by atoms with van der Waals surface area (Å²) >= 11 is -1.85. The molecule has 1 rings (SSSR count). The van der Waals surface area contributed by atoms with Crippen LogP contribution in [-0.4, -0.2) is 27.1 Å². The third-order valence-corrected chi connectivity index (χ3v) is 3.45. The first-order valence-electron chi connectivity index (χ1n) is 5.01. The van der Waals surface area contributed by atoms with Crippen LogP contribution in [0.1, 0.15) is 32.6 Å². The van der Waals surface area contributed by atoms with E-state index in [0.717, 1.165) is 32.2 Å². The molecular formula is C9H18NO2S-. The molecule has 1 aliphatic carbocycles. The minimum Gasteiger partial charge on any atom is -0.772 e. The quantitative estimate of drug-likeness (QED) is 0.696. The molecule has 0 spiro atoms. The highest BCUT2D eigenvalue weighted by molar-refractivity contribution is 7.79. The molecule has 1 atom stereocenters. The lowest BCUT2D eigenvalue weighted by atomic mass is 9.87. The van der Waals surface area contributed by atoms with Crippen molar-refractivity contribution in [2.75, 3.05) is 12.3 Å². The summed E-state index contributed by atoms with van der Waals surface area (Å²) in [6.45, 7) is 3.13. The lowest BCUT2D eigenvalue weighted by Crippen LogP contribution is -2.33. The monoisotopic (exact) mass is 204 g/mol. The molecule has 1 saturated carbocycles. The highest BCUT2D eigenvalue weighted by Crippen LogP contribution is 2.24. The molecule has 0 saturated heterocycles. The van der Waals surface area contributed by atoms with Crippen molar-refractivity contribution in [3.05, 3.63) is 0 Å². The van der Waals surface area contributed by atoms with Crippen LogP contribution in [0.5, 0.6) is 0 Å². The first-order valence-corrected chi connectivity index (χ1v) is 6.26. The summed E-state index contributed by atoms with van der Waals surface area (Å²) < 4.78 is 20.9. The van der Waals surface area contributed by atoms with E-state index >= 15 is 0 Å². The van der Waals surface area contributed by atoms with Gasteiger partial charge in [-0.25, -0.2) is 0 Å². The topological polar surface area (TPSA) is 52.2 Å². The van der Waals surface area contributed by atoms with Gasteiger partial charge in [0.1, 0.15) is 0 Å². The molecule has 0 aliphatic heterocycles. The molecule has 13 heavy (non-hydrogen) atoms. The molecule has 78 valence electrons. The van der Waals surface area contributed by atoms with Gasteiger partial charge >= 0.3 is 0 Å². The van der Waals surface area contributed by atoms with Gasteiger partial charge in [0, 0.05) is 11.8 Å². The van der Waals surface area contributed by atoms with Gasteiger partial charge in [-0.05, 0) is 38.1 Å². The van der Waals surface area contributed by atoms with Gasteiger partial charge in [0.25, 0.3) is 0 Å². The molecule has 0 amide bonds. The summed E-state index contributed by atoms with van der Waals surface area (Å²) in [5.74, 6) is 0.770. The van der Waals surface area contributed by atoms with Gasteiger partial charge in [-0.3, -0.25) is 4.21 Å². The average Bonchev–Trinajstić information content (AvgIpc) is 2.08. The van der Waals surface area contributed by atoms with Crippen molar-refractivity contribution in [3.63, 3.8) is 0 Å². The predicted octanol–water partition coefficient (Wildman–Crippen LogP) is 1.03. The second kappa shape index (κ2) is 5.73. The first-order chi connectivity index (χ1) is 6.22. The molecule has 1 aliphatic rings. The zero-order chi connectivity index (χ0) is 9.68. The molecule has 0 bridgehead atoms. The summed E-state index contributed by atoms with van der Waals surface area (Å²) in [5.41, 5.74) is 0. The Labute approximate surface area is 82.6 Å². The van der Waals surface area contributed by atoms with Crippen molar-refractivity contribution >= 4 is 11.1 Å². The SMILES string of the molecule is CCNC1CCC(CS(=O)[O-])CC1. The van der Waals surface area contributed by atoms with Crippen LogP contribution in [0.4, 0.5) is 0 Å². The van der Waals surface area contributed by atoms with Crippen LogP contribution >= 0.6 is 0 Å². The second-order valence-electron chi connectivity index (χ2n) is 3.75. The molecule has 0 aromatic rings. The first kappa shape index (κ1) is 11.1. The Morgan fingerprint density at radius 3 is 2.46 bits per heavy atom. The molecule has 0 aromatic heterocycles. The molecule has 4 heteroatoms. The van der Waals surface area contributed by atoms with E-state index in [4.69, 9.17) is 0 Å². The van der Waals surface area contributed by atoms with Crippen LogP contribution in [0.15, 0.2) is 0 Å². The van der Waals surface area contributed by atoms with Crippen molar-refractivity contribution in [2.24, 2.45) is 5.92 Å². The highest BCUT2D eigenvalue weighted by Gasteiger charge is 2.19. The van der Waals surface area contributed by atoms with E-state index in [1.54, 1.807) is 0 Å². The predicted molar refractivity (Wildman–Crippen MR) is 53.2 cm³/mol. The van der Waals surface area contributed by atoms with Crippen molar-refractivity contribution in [1.82, 2.24) is 5.32 Å². The Bertz CT molecular complexity index is 167. The maximum atomic E-state index is 10.5. The highest BCUT2D eigenvalue weighted by atomic mass is 32.2. The van der Waals surface area contributed by atoms with Crippen LogP contribution in [0.3, 0.4) is 0 Å². The summed E-state index contributed by atoms with van der Waals surface area (Å²) in [6, 6.07) is 0.626. The smallest absolute Gasteiger partial charge is 0.0130 e. The van der Waals surface area contributed by atoms with Gasteiger partial charge in [-0.1, -0.05) is 18.0 Å². The van der Waals surface area contributed by atoms with Crippen LogP contribution < -0.4 is 5.32 Å². The largest absolute Gasteiger partial charge is 0.772 e. The molecule has 1 fully saturated rings. The zero-order valence-electron chi connectivity index (χ0n) is 8.12. The van der Waals surface area contributed by atoms with Crippen LogP contribution in [-0.2, 0) is 11.1 Å². The van der Waals surface area contributed by atoms with E-state index in [2.05, 4.69) is 12.2 Å². The third-order valence-electron chi connectivity index (χ3n) is 2.71. The van der Waals surface area contributed by atoms with Crippen LogP contribution in [0.2, 0.25) is 0 Å². The molecule has 1 unspecified atom stereocenters. The Morgan fingerprint density at radius 1 is 1.38 bits per heavy atom. The summed E-state index contributed by atoms with van der Waals surface area (Å²) in [6.07, 6.45) is 4.39. The van der Waals surface area contributed by atoms with Crippen molar-refractivity contribution in [1.29, 1.82) is 0 Å². The minimum atomic E-state index is -1.85. The van der Waals surface area contributed by atoms with Gasteiger partial charge in [0.05, 0.1) is 0 Å². The van der Waals surface area contributed by atoms with Gasteiger partial charge in [-0.15, -0.1) is 0 Å². The lowest BCUT2D eigenvalue weighted by Gasteiger charge is -2.29. The molecule has 0 heterocycles. The fourth-order valence-corrected chi connectivity index (χ4v) is 2.73. The van der Waals surface area contributed by atoms with E-state index in [1.165, 1.54) is 0 Å². The Balaban J connectivity index is 2.18. The summed E-state index contributed by atoms with van der Waals surface area (Å²) in [5, 5.41) is 3.40. The third kappa shape index (κ3) is 4.20. The molecule has 3 nitrogen and oxygen atoms in total. The number of hydrogen-bond acceptors (Lipinski definition) is 3. The van der Waals surface area contributed by atoms with Crippen molar-refractivity contribution in [2.45, 2.75) is 38.6 Å². The van der Waals surface area contributed by atoms with E-state index in [-0.39, 0.29) is 0 Å². The van der Waals surface area contributed by atoms with E-state index in [9.17, 15) is 8.76 Å². The maximum absolute atomic E-state index is 10.5. The lowest BCUT2D eigenvalue weighted by molar-refractivity contribution is 0.311. The van der Waals surface area contributed by atoms with E-state index in [0.29, 0.717) is 17.7 Å². The Hall–Kier alpha value is 0.0700. The van der Waals surface area contributed by atoms with Gasteiger partial charge in [-0.2, -0.15) is 0 Å². The molecule has 0 aromatic carbocycles. The van der Waals surface area contributed by atoms with E-state index in [1.807, 2.05) is 0 Å². The van der Waals surface area contributed by atoms with Crippen LogP contribution in [0.25, 0.3) is 0 Å². The van der Waals surface area contributed by atoms with Gasteiger partial charge in [0.15, 0.2) is 0 Å². The number of rotatable bonds is 4. The maximum Gasteiger partial charge on any atom is 0.0130 e. The number of hydrogen-bond donors (Lipinski definition) is 1. The number of nitrogens with one attached hydrogen (secondary N) is 1. The fraction of sp³-hybridized carbons (Fsp3) is 1.00. The van der Waals surface area contributed by atoms with Gasteiger partial charge in [0.2, 0.25) is 0 Å². The van der Waals surface area contributed by atoms with Crippen molar-refractivity contribution in [3.8, 4) is 0 Å². The Morgan fingerprint density at radius 2 is 2.00 bits per heavy atom. The minimum absolute atomic E-state index is 0.360. The zero-order valence-corrected chi connectivity index (χ0v) is 8.94. The summed E-state index contributed by atoms with van der Waals surface area (Å²) in [4.78, 5) is 0. The second-order valence-corrected chi connectivity index (χ2v) is 4.69. The summed E-state index contributed by atoms with van der Waals surface area (Å²) in [7, 11) is 0. The molecule has 0 radical (unpaired) electrons.